The van der Waals surface area contributed by atoms with E-state index >= 15 is 0 Å². The van der Waals surface area contributed by atoms with Gasteiger partial charge in [0.05, 0.1) is 0 Å². The maximum absolute atomic E-state index is 13.7. The summed E-state index contributed by atoms with van der Waals surface area (Å²) < 4.78 is 65.3. The van der Waals surface area contributed by atoms with E-state index in [0.717, 1.165) is 6.07 Å². The number of halogens is 5. The average Bonchev–Trinajstić information content (AvgIpc) is 3.29. The molecule has 1 aliphatic heterocycles. The average molecular weight is 349 g/mol. The topological polar surface area (TPSA) is 40.5 Å². The van der Waals surface area contributed by atoms with Crippen molar-refractivity contribution in [2.24, 2.45) is 5.92 Å². The van der Waals surface area contributed by atoms with Crippen molar-refractivity contribution < 1.29 is 31.9 Å². The lowest BCUT2D eigenvalue weighted by molar-refractivity contribution is -0.272. The third-order valence-electron chi connectivity index (χ3n) is 4.92. The molecule has 1 N–H and O–H groups in total. The SMILES string of the molecule is O=C(C1CC1c1cccc(F)c1F)N1CCC(O)(C(F)(F)F)CC1. The Bertz CT molecular complexity index is 652. The summed E-state index contributed by atoms with van der Waals surface area (Å²) in [5.41, 5.74) is -2.64. The first-order valence-electron chi connectivity index (χ1n) is 7.66. The second kappa shape index (κ2) is 5.68. The minimum atomic E-state index is -4.73. The Hall–Kier alpha value is -1.70. The molecule has 2 unspecified atom stereocenters. The molecule has 132 valence electrons. The zero-order valence-corrected chi connectivity index (χ0v) is 12.6. The van der Waals surface area contributed by atoms with Crippen LogP contribution in [0.1, 0.15) is 30.7 Å². The van der Waals surface area contributed by atoms with Crippen molar-refractivity contribution in [2.75, 3.05) is 13.1 Å². The van der Waals surface area contributed by atoms with Gasteiger partial charge in [0.15, 0.2) is 17.2 Å². The first-order chi connectivity index (χ1) is 11.1. The standard InChI is InChI=1S/C16H16F5NO2/c17-12-3-1-2-9(13(12)18)10-8-11(10)14(23)22-6-4-15(24,5-7-22)16(19,20)21/h1-3,10-11,24H,4-8H2. The van der Waals surface area contributed by atoms with Crippen LogP contribution in [0, 0.1) is 17.6 Å². The van der Waals surface area contributed by atoms with Crippen LogP contribution < -0.4 is 0 Å². The van der Waals surface area contributed by atoms with E-state index in [1.54, 1.807) is 0 Å². The van der Waals surface area contributed by atoms with Crippen molar-refractivity contribution in [2.45, 2.75) is 37.0 Å². The van der Waals surface area contributed by atoms with E-state index in [9.17, 15) is 31.9 Å². The number of hydrogen-bond acceptors (Lipinski definition) is 2. The number of alkyl halides is 3. The van der Waals surface area contributed by atoms with E-state index in [0.29, 0.717) is 6.42 Å². The maximum Gasteiger partial charge on any atom is 0.417 e. The minimum absolute atomic E-state index is 0.122. The molecule has 0 spiro atoms. The summed E-state index contributed by atoms with van der Waals surface area (Å²) in [4.78, 5) is 13.6. The smallest absolute Gasteiger partial charge is 0.380 e. The maximum atomic E-state index is 13.7. The summed E-state index contributed by atoms with van der Waals surface area (Å²) in [5.74, 6) is -3.33. The van der Waals surface area contributed by atoms with Gasteiger partial charge in [-0.25, -0.2) is 8.78 Å². The third-order valence-corrected chi connectivity index (χ3v) is 4.92. The van der Waals surface area contributed by atoms with Gasteiger partial charge in [-0.3, -0.25) is 4.79 Å². The lowest BCUT2D eigenvalue weighted by Crippen LogP contribution is -2.54. The minimum Gasteiger partial charge on any atom is -0.380 e. The van der Waals surface area contributed by atoms with Crippen molar-refractivity contribution in [3.05, 3.63) is 35.4 Å². The van der Waals surface area contributed by atoms with Gasteiger partial charge < -0.3 is 10.0 Å². The van der Waals surface area contributed by atoms with E-state index in [1.165, 1.54) is 17.0 Å². The molecule has 3 nitrogen and oxygen atoms in total. The van der Waals surface area contributed by atoms with E-state index in [1.807, 2.05) is 0 Å². The summed E-state index contributed by atoms with van der Waals surface area (Å²) in [6.07, 6.45) is -5.53. The predicted molar refractivity (Wildman–Crippen MR) is 74.0 cm³/mol. The molecule has 1 saturated heterocycles. The van der Waals surface area contributed by atoms with Gasteiger partial charge in [-0.05, 0) is 24.0 Å². The number of rotatable bonds is 2. The molecule has 2 fully saturated rings. The van der Waals surface area contributed by atoms with Crippen LogP contribution in [0.5, 0.6) is 0 Å². The predicted octanol–water partition coefficient (Wildman–Crippen LogP) is 2.98. The van der Waals surface area contributed by atoms with Crippen LogP contribution in [0.15, 0.2) is 18.2 Å². The van der Waals surface area contributed by atoms with Crippen LogP contribution in [-0.2, 0) is 4.79 Å². The van der Waals surface area contributed by atoms with Gasteiger partial charge in [-0.2, -0.15) is 13.2 Å². The fraction of sp³-hybridized carbons (Fsp3) is 0.562. The van der Waals surface area contributed by atoms with Gasteiger partial charge in [0.1, 0.15) is 0 Å². The molecule has 1 aromatic rings. The van der Waals surface area contributed by atoms with E-state index in [4.69, 9.17) is 0 Å². The lowest BCUT2D eigenvalue weighted by Gasteiger charge is -2.39. The highest BCUT2D eigenvalue weighted by atomic mass is 19.4. The van der Waals surface area contributed by atoms with Gasteiger partial charge in [0.25, 0.3) is 0 Å². The molecule has 8 heteroatoms. The zero-order valence-electron chi connectivity index (χ0n) is 12.6. The number of hydrogen-bond donors (Lipinski definition) is 1. The van der Waals surface area contributed by atoms with Crippen LogP contribution in [0.25, 0.3) is 0 Å². The summed E-state index contributed by atoms with van der Waals surface area (Å²) in [5, 5.41) is 9.60. The molecular weight excluding hydrogens is 333 g/mol. The van der Waals surface area contributed by atoms with Gasteiger partial charge >= 0.3 is 6.18 Å². The number of carbonyl (C=O) groups excluding carboxylic acids is 1. The summed E-state index contributed by atoms with van der Waals surface area (Å²) in [6.45, 7) is -0.409. The van der Waals surface area contributed by atoms with E-state index < -0.39 is 48.1 Å². The van der Waals surface area contributed by atoms with Crippen molar-refractivity contribution in [1.29, 1.82) is 0 Å². The molecule has 3 rings (SSSR count). The van der Waals surface area contributed by atoms with Gasteiger partial charge in [0.2, 0.25) is 5.91 Å². The molecule has 1 aromatic carbocycles. The quantitative estimate of drug-likeness (QED) is 0.834. The fourth-order valence-electron chi connectivity index (χ4n) is 3.23. The Balaban J connectivity index is 1.63. The molecule has 0 aromatic heterocycles. The molecular formula is C16H16F5NO2. The van der Waals surface area contributed by atoms with Gasteiger partial charge in [0, 0.05) is 31.8 Å². The van der Waals surface area contributed by atoms with E-state index in [2.05, 4.69) is 0 Å². The number of carbonyl (C=O) groups is 1. The molecule has 0 bridgehead atoms. The molecule has 2 aliphatic rings. The highest BCUT2D eigenvalue weighted by Gasteiger charge is 2.56. The van der Waals surface area contributed by atoms with Crippen LogP contribution in [0.4, 0.5) is 22.0 Å². The highest BCUT2D eigenvalue weighted by Crippen LogP contribution is 2.50. The Morgan fingerprint density at radius 2 is 1.83 bits per heavy atom. The fourth-order valence-corrected chi connectivity index (χ4v) is 3.23. The number of piperidine rings is 1. The largest absolute Gasteiger partial charge is 0.417 e. The Kier molecular flexibility index (Phi) is 4.06. The van der Waals surface area contributed by atoms with Crippen LogP contribution in [0.3, 0.4) is 0 Å². The van der Waals surface area contributed by atoms with Crippen LogP contribution in [0.2, 0.25) is 0 Å². The molecule has 24 heavy (non-hydrogen) atoms. The number of aliphatic hydroxyl groups is 1. The van der Waals surface area contributed by atoms with Crippen molar-refractivity contribution in [3.8, 4) is 0 Å². The van der Waals surface area contributed by atoms with Crippen molar-refractivity contribution in [1.82, 2.24) is 4.90 Å². The number of nitrogens with zero attached hydrogens (tertiary/aromatic N) is 1. The van der Waals surface area contributed by atoms with Crippen molar-refractivity contribution in [3.63, 3.8) is 0 Å². The first-order valence-corrected chi connectivity index (χ1v) is 7.66. The van der Waals surface area contributed by atoms with Crippen LogP contribution in [-0.4, -0.2) is 40.8 Å². The Morgan fingerprint density at radius 1 is 1.21 bits per heavy atom. The first kappa shape index (κ1) is 17.1. The summed E-state index contributed by atoms with van der Waals surface area (Å²) >= 11 is 0. The third kappa shape index (κ3) is 2.87. The van der Waals surface area contributed by atoms with Crippen LogP contribution >= 0.6 is 0 Å². The normalized spacial score (nSPS) is 26.3. The second-order valence-corrected chi connectivity index (χ2v) is 6.45. The highest BCUT2D eigenvalue weighted by molar-refractivity contribution is 5.83. The molecule has 1 saturated carbocycles. The van der Waals surface area contributed by atoms with Crippen molar-refractivity contribution >= 4 is 5.91 Å². The molecule has 2 atom stereocenters. The van der Waals surface area contributed by atoms with E-state index in [-0.39, 0.29) is 24.6 Å². The number of amides is 1. The Morgan fingerprint density at radius 3 is 2.42 bits per heavy atom. The monoisotopic (exact) mass is 349 g/mol. The summed E-state index contributed by atoms with van der Waals surface area (Å²) in [7, 11) is 0. The molecule has 1 amide bonds. The van der Waals surface area contributed by atoms with Gasteiger partial charge in [-0.1, -0.05) is 12.1 Å². The number of benzene rings is 1. The molecule has 1 heterocycles. The van der Waals surface area contributed by atoms with Gasteiger partial charge in [-0.15, -0.1) is 0 Å². The molecule has 0 radical (unpaired) electrons. The zero-order chi connectivity index (χ0) is 17.7. The lowest BCUT2D eigenvalue weighted by atomic mass is 9.90. The number of likely N-dealkylation sites (tertiary alicyclic amines) is 1. The Labute approximate surface area is 135 Å². The second-order valence-electron chi connectivity index (χ2n) is 6.45. The molecule has 1 aliphatic carbocycles. The summed E-state index contributed by atoms with van der Waals surface area (Å²) in [6, 6.07) is 3.76.